The van der Waals surface area contributed by atoms with E-state index in [0.29, 0.717) is 0 Å². The van der Waals surface area contributed by atoms with E-state index in [1.54, 1.807) is 0 Å². The van der Waals surface area contributed by atoms with E-state index in [1.165, 1.54) is 0 Å². The number of carbonyl (C=O) groups excluding carboxylic acids is 1. The number of allylic oxidation sites excluding steroid dienone is 1. The van der Waals surface area contributed by atoms with Crippen LogP contribution in [0.5, 0.6) is 0 Å². The maximum Gasteiger partial charge on any atom is 0.292 e. The van der Waals surface area contributed by atoms with Crippen molar-refractivity contribution in [1.29, 1.82) is 0 Å². The van der Waals surface area contributed by atoms with E-state index >= 15 is 0 Å². The van der Waals surface area contributed by atoms with Gasteiger partial charge in [-0.1, -0.05) is 11.6 Å². The Kier molecular flexibility index (Phi) is 2.52. The van der Waals surface area contributed by atoms with Crippen LogP contribution < -0.4 is 0 Å². The van der Waals surface area contributed by atoms with Crippen LogP contribution in [0.3, 0.4) is 0 Å². The fraction of sp³-hybridized carbons (Fsp3) is 0. The number of halogens is 3. The van der Waals surface area contributed by atoms with Gasteiger partial charge in [-0.3, -0.25) is 4.79 Å². The highest BCUT2D eigenvalue weighted by Crippen LogP contribution is 2.07. The van der Waals surface area contributed by atoms with E-state index in [1.807, 2.05) is 0 Å². The van der Waals surface area contributed by atoms with Gasteiger partial charge in [0.15, 0.2) is 6.29 Å². The Bertz CT molecular complexity index is 106. The molecule has 0 saturated carbocycles. The molecule has 0 amide bonds. The third kappa shape index (κ3) is 2.28. The molecule has 0 unspecified atom stereocenters. The molecule has 0 aliphatic carbocycles. The summed E-state index contributed by atoms with van der Waals surface area (Å²) in [7, 11) is 0. The first-order chi connectivity index (χ1) is 3.18. The summed E-state index contributed by atoms with van der Waals surface area (Å²) in [5.41, 5.74) is 0. The molecule has 0 radical (unpaired) electrons. The van der Waals surface area contributed by atoms with Crippen molar-refractivity contribution in [3.05, 3.63) is 11.1 Å². The van der Waals surface area contributed by atoms with Crippen LogP contribution in [-0.4, -0.2) is 6.29 Å². The fourth-order valence-corrected chi connectivity index (χ4v) is 0.0445. The maximum atomic E-state index is 10.9. The van der Waals surface area contributed by atoms with Gasteiger partial charge >= 0.3 is 0 Å². The average Bonchev–Trinajstić information content (AvgIpc) is 1.65. The molecule has 0 heterocycles. The molecule has 0 spiro atoms. The van der Waals surface area contributed by atoms with E-state index in [-0.39, 0.29) is 6.29 Å². The number of aldehydes is 1. The zero-order chi connectivity index (χ0) is 5.86. The predicted octanol–water partition coefficient (Wildman–Crippen LogP) is 1.53. The van der Waals surface area contributed by atoms with Crippen molar-refractivity contribution in [3.8, 4) is 0 Å². The SMILES string of the molecule is O=CC(Cl)=C(F)F. The molecule has 0 N–H and O–H groups in total. The highest BCUT2D eigenvalue weighted by molar-refractivity contribution is 6.38. The van der Waals surface area contributed by atoms with Gasteiger partial charge in [-0.05, 0) is 0 Å². The summed E-state index contributed by atoms with van der Waals surface area (Å²) < 4.78 is 21.9. The number of carbonyl (C=O) groups is 1. The van der Waals surface area contributed by atoms with Crippen LogP contribution in [0.15, 0.2) is 11.1 Å². The Hall–Kier alpha value is -0.440. The first kappa shape index (κ1) is 6.56. The fourth-order valence-electron chi connectivity index (χ4n) is 0.0445. The molecule has 4 heteroatoms. The largest absolute Gasteiger partial charge is 0.297 e. The van der Waals surface area contributed by atoms with Crippen molar-refractivity contribution < 1.29 is 13.6 Å². The molecule has 0 fully saturated rings. The van der Waals surface area contributed by atoms with Crippen LogP contribution in [0, 0.1) is 0 Å². The predicted molar refractivity (Wildman–Crippen MR) is 21.2 cm³/mol. The normalized spacial score (nSPS) is 7.86. The summed E-state index contributed by atoms with van der Waals surface area (Å²) in [6.45, 7) is 0. The number of hydrogen-bond donors (Lipinski definition) is 0. The molecule has 0 atom stereocenters. The van der Waals surface area contributed by atoms with E-state index in [0.717, 1.165) is 0 Å². The zero-order valence-electron chi connectivity index (χ0n) is 3.12. The number of hydrogen-bond acceptors (Lipinski definition) is 1. The smallest absolute Gasteiger partial charge is 0.292 e. The van der Waals surface area contributed by atoms with Gasteiger partial charge < -0.3 is 0 Å². The van der Waals surface area contributed by atoms with Crippen LogP contribution in [-0.2, 0) is 4.79 Å². The van der Waals surface area contributed by atoms with Crippen molar-refractivity contribution in [2.75, 3.05) is 0 Å². The molecule has 1 nitrogen and oxygen atoms in total. The molecule has 7 heavy (non-hydrogen) atoms. The van der Waals surface area contributed by atoms with E-state index in [4.69, 9.17) is 0 Å². The highest BCUT2D eigenvalue weighted by atomic mass is 35.5. The Balaban J connectivity index is 3.98. The lowest BCUT2D eigenvalue weighted by molar-refractivity contribution is -0.104. The van der Waals surface area contributed by atoms with Gasteiger partial charge in [-0.2, -0.15) is 8.78 Å². The standard InChI is InChI=1S/C3HClF2O/c4-2(1-7)3(5)6/h1H. The molecule has 0 aromatic rings. The topological polar surface area (TPSA) is 17.1 Å². The molecule has 0 aromatic heterocycles. The summed E-state index contributed by atoms with van der Waals surface area (Å²) in [5, 5.41) is -1.03. The second-order valence-electron chi connectivity index (χ2n) is 0.726. The second-order valence-corrected chi connectivity index (χ2v) is 1.13. The molecule has 0 aromatic carbocycles. The minimum absolute atomic E-state index is 0.114. The Morgan fingerprint density at radius 2 is 2.00 bits per heavy atom. The molecular formula is C3HClF2O. The summed E-state index contributed by atoms with van der Waals surface area (Å²) in [4.78, 5) is 9.28. The molecule has 0 aliphatic rings. The van der Waals surface area contributed by atoms with Crippen LogP contribution in [0.25, 0.3) is 0 Å². The van der Waals surface area contributed by atoms with Crippen molar-refractivity contribution in [3.63, 3.8) is 0 Å². The van der Waals surface area contributed by atoms with Crippen molar-refractivity contribution in [2.24, 2.45) is 0 Å². The van der Waals surface area contributed by atoms with Crippen LogP contribution in [0.4, 0.5) is 8.78 Å². The highest BCUT2D eigenvalue weighted by Gasteiger charge is 1.96. The summed E-state index contributed by atoms with van der Waals surface area (Å²) >= 11 is 4.56. The Morgan fingerprint density at radius 3 is 2.00 bits per heavy atom. The lowest BCUT2D eigenvalue weighted by Crippen LogP contribution is -1.71. The Labute approximate surface area is 43.6 Å². The first-order valence-corrected chi connectivity index (χ1v) is 1.72. The average molecular weight is 126 g/mol. The van der Waals surface area contributed by atoms with Gasteiger partial charge in [0.25, 0.3) is 6.08 Å². The van der Waals surface area contributed by atoms with Crippen LogP contribution in [0.1, 0.15) is 0 Å². The van der Waals surface area contributed by atoms with Gasteiger partial charge in [-0.15, -0.1) is 0 Å². The lowest BCUT2D eigenvalue weighted by atomic mass is 10.7. The minimum atomic E-state index is -2.14. The summed E-state index contributed by atoms with van der Waals surface area (Å²) in [6.07, 6.45) is -2.26. The van der Waals surface area contributed by atoms with Gasteiger partial charge in [0.1, 0.15) is 5.03 Å². The molecular weight excluding hydrogens is 125 g/mol. The molecule has 0 saturated heterocycles. The summed E-state index contributed by atoms with van der Waals surface area (Å²) in [5.74, 6) is 0. The third-order valence-electron chi connectivity index (χ3n) is 0.284. The van der Waals surface area contributed by atoms with Gasteiger partial charge in [0.05, 0.1) is 0 Å². The van der Waals surface area contributed by atoms with Crippen molar-refractivity contribution in [2.45, 2.75) is 0 Å². The molecule has 0 bridgehead atoms. The molecule has 0 rings (SSSR count). The van der Waals surface area contributed by atoms with E-state index < -0.39 is 11.1 Å². The maximum absolute atomic E-state index is 10.9. The van der Waals surface area contributed by atoms with Crippen LogP contribution in [0.2, 0.25) is 0 Å². The van der Waals surface area contributed by atoms with Crippen molar-refractivity contribution in [1.82, 2.24) is 0 Å². The first-order valence-electron chi connectivity index (χ1n) is 1.34. The molecule has 0 aliphatic heterocycles. The second kappa shape index (κ2) is 2.69. The molecule has 40 valence electrons. The van der Waals surface area contributed by atoms with Crippen LogP contribution >= 0.6 is 11.6 Å². The minimum Gasteiger partial charge on any atom is -0.297 e. The Morgan fingerprint density at radius 1 is 1.57 bits per heavy atom. The quantitative estimate of drug-likeness (QED) is 0.385. The van der Waals surface area contributed by atoms with Gasteiger partial charge in [0.2, 0.25) is 0 Å². The number of rotatable bonds is 1. The zero-order valence-corrected chi connectivity index (χ0v) is 3.88. The van der Waals surface area contributed by atoms with Crippen molar-refractivity contribution >= 4 is 17.9 Å². The summed E-state index contributed by atoms with van der Waals surface area (Å²) in [6, 6.07) is 0. The lowest BCUT2D eigenvalue weighted by Gasteiger charge is -1.74. The monoisotopic (exact) mass is 126 g/mol. The third-order valence-corrected chi connectivity index (χ3v) is 0.516. The van der Waals surface area contributed by atoms with Gasteiger partial charge in [-0.25, -0.2) is 0 Å². The van der Waals surface area contributed by atoms with Gasteiger partial charge in [0, 0.05) is 0 Å². The van der Waals surface area contributed by atoms with E-state index in [9.17, 15) is 13.6 Å². The van der Waals surface area contributed by atoms with E-state index in [2.05, 4.69) is 11.6 Å².